The Morgan fingerprint density at radius 3 is 2.32 bits per heavy atom. The van der Waals surface area contributed by atoms with Crippen LogP contribution in [0.4, 0.5) is 0 Å². The second-order valence-electron chi connectivity index (χ2n) is 6.52. The van der Waals surface area contributed by atoms with Crippen LogP contribution in [-0.4, -0.2) is 73.0 Å². The number of aliphatic hydroxyl groups excluding tert-OH is 2. The Labute approximate surface area is 166 Å². The number of nitrogens with one attached hydrogen (secondary N) is 3. The topological polar surface area (TPSA) is 201 Å². The van der Waals surface area contributed by atoms with E-state index in [1.165, 1.54) is 0 Å². The molecule has 0 aliphatic carbocycles. The van der Waals surface area contributed by atoms with Crippen LogP contribution in [0.1, 0.15) is 44.9 Å². The molecule has 0 aromatic heterocycles. The van der Waals surface area contributed by atoms with E-state index < -0.39 is 24.1 Å². The molecule has 0 bridgehead atoms. The fraction of sp³-hybridized carbons (Fsp3) is 0.824. The normalized spacial score (nSPS) is 12.8. The van der Waals surface area contributed by atoms with E-state index in [1.807, 2.05) is 0 Å². The number of guanidine groups is 1. The van der Waals surface area contributed by atoms with Gasteiger partial charge in [0, 0.05) is 13.1 Å². The molecule has 0 saturated carbocycles. The van der Waals surface area contributed by atoms with E-state index >= 15 is 0 Å². The zero-order valence-corrected chi connectivity index (χ0v) is 16.5. The number of carbonyl (C=O) groups excluding carboxylic acids is 2. The quantitative estimate of drug-likeness (QED) is 0.0561. The van der Waals surface area contributed by atoms with Gasteiger partial charge in [-0.2, -0.15) is 0 Å². The highest BCUT2D eigenvalue weighted by atomic mass is 16.3. The van der Waals surface area contributed by atoms with Crippen molar-refractivity contribution in [2.45, 2.75) is 57.3 Å². The SMILES string of the molecule is NCCCNCCCCNC(=O)[C@@H](O)NC(=O)C[C@@H](O)CCCCN=C(N)N. The third kappa shape index (κ3) is 16.2. The Morgan fingerprint density at radius 1 is 0.964 bits per heavy atom. The minimum absolute atomic E-state index is 0.0198. The molecule has 0 saturated heterocycles. The molecule has 0 spiro atoms. The van der Waals surface area contributed by atoms with Gasteiger partial charge in [-0.1, -0.05) is 0 Å². The van der Waals surface area contributed by atoms with Gasteiger partial charge in [0.2, 0.25) is 12.1 Å². The standard InChI is InChI=1S/C17H37N7O4/c18-7-5-9-21-8-3-4-10-22-15(27)16(28)24-14(26)12-13(25)6-1-2-11-23-17(19)20/h13,16,21,25,28H,1-12,18H2,(H,22,27)(H,24,26)(H4,19,20,23)/t13-,16+/m0/s1. The Morgan fingerprint density at radius 2 is 1.64 bits per heavy atom. The van der Waals surface area contributed by atoms with Crippen molar-refractivity contribution in [1.29, 1.82) is 0 Å². The summed E-state index contributed by atoms with van der Waals surface area (Å²) in [7, 11) is 0. The van der Waals surface area contributed by atoms with Gasteiger partial charge in [-0.05, 0) is 58.2 Å². The lowest BCUT2D eigenvalue weighted by Gasteiger charge is -2.15. The Hall–Kier alpha value is -1.95. The maximum absolute atomic E-state index is 11.8. The summed E-state index contributed by atoms with van der Waals surface area (Å²) < 4.78 is 0. The van der Waals surface area contributed by atoms with Crippen LogP contribution in [-0.2, 0) is 9.59 Å². The average molecular weight is 404 g/mol. The van der Waals surface area contributed by atoms with Crippen LogP contribution < -0.4 is 33.2 Å². The number of rotatable bonds is 17. The monoisotopic (exact) mass is 403 g/mol. The molecule has 0 aliphatic rings. The van der Waals surface area contributed by atoms with Crippen molar-refractivity contribution in [3.05, 3.63) is 0 Å². The van der Waals surface area contributed by atoms with E-state index in [0.29, 0.717) is 38.9 Å². The molecule has 164 valence electrons. The predicted octanol–water partition coefficient (Wildman–Crippen LogP) is -2.55. The van der Waals surface area contributed by atoms with Crippen molar-refractivity contribution in [1.82, 2.24) is 16.0 Å². The van der Waals surface area contributed by atoms with Gasteiger partial charge in [0.25, 0.3) is 5.91 Å². The minimum Gasteiger partial charge on any atom is -0.393 e. The first-order chi connectivity index (χ1) is 13.4. The van der Waals surface area contributed by atoms with Crippen LogP contribution in [0.3, 0.4) is 0 Å². The molecule has 11 nitrogen and oxygen atoms in total. The van der Waals surface area contributed by atoms with Crippen molar-refractivity contribution in [3.8, 4) is 0 Å². The van der Waals surface area contributed by atoms with E-state index in [0.717, 1.165) is 32.4 Å². The van der Waals surface area contributed by atoms with E-state index in [9.17, 15) is 19.8 Å². The van der Waals surface area contributed by atoms with Crippen LogP contribution in [0.2, 0.25) is 0 Å². The zero-order valence-electron chi connectivity index (χ0n) is 16.5. The van der Waals surface area contributed by atoms with Crippen molar-refractivity contribution in [2.24, 2.45) is 22.2 Å². The van der Waals surface area contributed by atoms with Gasteiger partial charge in [0.05, 0.1) is 12.5 Å². The van der Waals surface area contributed by atoms with Crippen molar-refractivity contribution in [3.63, 3.8) is 0 Å². The summed E-state index contributed by atoms with van der Waals surface area (Å²) in [6.45, 7) is 3.23. The summed E-state index contributed by atoms with van der Waals surface area (Å²) >= 11 is 0. The minimum atomic E-state index is -1.63. The van der Waals surface area contributed by atoms with Crippen molar-refractivity contribution >= 4 is 17.8 Å². The Balaban J connectivity index is 3.76. The summed E-state index contributed by atoms with van der Waals surface area (Å²) in [6, 6.07) is 0. The number of carbonyl (C=O) groups is 2. The van der Waals surface area contributed by atoms with Crippen LogP contribution in [0.5, 0.6) is 0 Å². The first-order valence-corrected chi connectivity index (χ1v) is 9.76. The molecule has 0 aromatic rings. The Bertz CT molecular complexity index is 459. The fourth-order valence-corrected chi connectivity index (χ4v) is 2.33. The molecular weight excluding hydrogens is 366 g/mol. The molecule has 11 heteroatoms. The maximum atomic E-state index is 11.8. The molecule has 0 unspecified atom stereocenters. The molecule has 0 radical (unpaired) electrons. The van der Waals surface area contributed by atoms with E-state index in [-0.39, 0.29) is 12.4 Å². The van der Waals surface area contributed by atoms with Gasteiger partial charge in [-0.3, -0.25) is 14.6 Å². The molecular formula is C17H37N7O4. The molecule has 2 amide bonds. The number of hydrogen-bond acceptors (Lipinski definition) is 7. The molecule has 28 heavy (non-hydrogen) atoms. The predicted molar refractivity (Wildman–Crippen MR) is 108 cm³/mol. The van der Waals surface area contributed by atoms with Gasteiger partial charge < -0.3 is 43.4 Å². The lowest BCUT2D eigenvalue weighted by molar-refractivity contribution is -0.137. The molecule has 0 aromatic carbocycles. The molecule has 0 fully saturated rings. The third-order valence-corrected chi connectivity index (χ3v) is 3.84. The Kier molecular flexibility index (Phi) is 16.0. The molecule has 0 rings (SSSR count). The first kappa shape index (κ1) is 26.1. The van der Waals surface area contributed by atoms with Gasteiger partial charge in [-0.15, -0.1) is 0 Å². The summed E-state index contributed by atoms with van der Waals surface area (Å²) in [4.78, 5) is 27.3. The maximum Gasteiger partial charge on any atom is 0.269 e. The largest absolute Gasteiger partial charge is 0.393 e. The van der Waals surface area contributed by atoms with Crippen LogP contribution in [0.15, 0.2) is 4.99 Å². The molecule has 2 atom stereocenters. The van der Waals surface area contributed by atoms with Gasteiger partial charge in [-0.25, -0.2) is 0 Å². The number of amides is 2. The van der Waals surface area contributed by atoms with Crippen LogP contribution in [0, 0.1) is 0 Å². The third-order valence-electron chi connectivity index (χ3n) is 3.84. The van der Waals surface area contributed by atoms with Gasteiger partial charge in [0.1, 0.15) is 0 Å². The number of unbranched alkanes of at least 4 members (excludes halogenated alkanes) is 2. The first-order valence-electron chi connectivity index (χ1n) is 9.76. The van der Waals surface area contributed by atoms with E-state index in [4.69, 9.17) is 17.2 Å². The summed E-state index contributed by atoms with van der Waals surface area (Å²) in [5.41, 5.74) is 15.8. The highest BCUT2D eigenvalue weighted by molar-refractivity contribution is 5.86. The summed E-state index contributed by atoms with van der Waals surface area (Å²) in [5.74, 6) is -1.24. The van der Waals surface area contributed by atoms with Gasteiger partial charge >= 0.3 is 0 Å². The van der Waals surface area contributed by atoms with E-state index in [1.54, 1.807) is 0 Å². The fourth-order valence-electron chi connectivity index (χ4n) is 2.33. The molecule has 11 N–H and O–H groups in total. The van der Waals surface area contributed by atoms with E-state index in [2.05, 4.69) is 20.9 Å². The average Bonchev–Trinajstić information content (AvgIpc) is 2.62. The molecule has 0 heterocycles. The number of nitrogens with two attached hydrogens (primary N) is 3. The smallest absolute Gasteiger partial charge is 0.269 e. The molecule has 0 aliphatic heterocycles. The zero-order chi connectivity index (χ0) is 21.2. The number of hydrogen-bond donors (Lipinski definition) is 8. The van der Waals surface area contributed by atoms with Crippen molar-refractivity contribution < 1.29 is 19.8 Å². The lowest BCUT2D eigenvalue weighted by atomic mass is 10.1. The number of aliphatic hydroxyl groups is 2. The van der Waals surface area contributed by atoms with Crippen LogP contribution in [0.25, 0.3) is 0 Å². The van der Waals surface area contributed by atoms with Crippen molar-refractivity contribution in [2.75, 3.05) is 32.7 Å². The lowest BCUT2D eigenvalue weighted by Crippen LogP contribution is -2.47. The van der Waals surface area contributed by atoms with Gasteiger partial charge in [0.15, 0.2) is 5.96 Å². The highest BCUT2D eigenvalue weighted by Gasteiger charge is 2.18. The summed E-state index contributed by atoms with van der Waals surface area (Å²) in [6.07, 6.45) is 1.60. The number of aliphatic imine (C=N–C) groups is 1. The highest BCUT2D eigenvalue weighted by Crippen LogP contribution is 2.05. The number of nitrogens with zero attached hydrogens (tertiary/aromatic N) is 1. The summed E-state index contributed by atoms with van der Waals surface area (Å²) in [5, 5.41) is 27.5. The van der Waals surface area contributed by atoms with Crippen LogP contribution >= 0.6 is 0 Å². The second kappa shape index (κ2) is 17.2. The second-order valence-corrected chi connectivity index (χ2v) is 6.52.